The molecule has 1 aromatic carbocycles. The molecule has 3 heterocycles. The number of hydrogen-bond donors (Lipinski definition) is 0. The zero-order valence-corrected chi connectivity index (χ0v) is 15.4. The monoisotopic (exact) mass is 351 g/mol. The lowest BCUT2D eigenvalue weighted by Crippen LogP contribution is -2.47. The molecule has 1 fully saturated rings. The standard InChI is InChI=1S/C20H25N5O/c1-16(24-10-12-26-13-11-24)15-23(2)20-14-18(17-6-4-3-5-7-17)22-19-8-9-21-25(19)20/h3-9,14,16H,10-13,15H2,1-2H3. The Labute approximate surface area is 154 Å². The second-order valence-corrected chi connectivity index (χ2v) is 6.84. The van der Waals surface area contributed by atoms with Crippen LogP contribution in [0, 0.1) is 0 Å². The highest BCUT2D eigenvalue weighted by Crippen LogP contribution is 2.24. The molecule has 0 bridgehead atoms. The summed E-state index contributed by atoms with van der Waals surface area (Å²) in [6, 6.07) is 14.8. The van der Waals surface area contributed by atoms with Crippen molar-refractivity contribution in [3.63, 3.8) is 0 Å². The van der Waals surface area contributed by atoms with Crippen molar-refractivity contribution in [2.45, 2.75) is 13.0 Å². The number of aromatic nitrogens is 3. The minimum atomic E-state index is 0.447. The van der Waals surface area contributed by atoms with Gasteiger partial charge in [0.05, 0.1) is 25.1 Å². The molecule has 3 aromatic rings. The van der Waals surface area contributed by atoms with Crippen LogP contribution in [0.4, 0.5) is 5.82 Å². The minimum absolute atomic E-state index is 0.447. The zero-order valence-electron chi connectivity index (χ0n) is 15.4. The lowest BCUT2D eigenvalue weighted by Gasteiger charge is -2.35. The van der Waals surface area contributed by atoms with E-state index >= 15 is 0 Å². The van der Waals surface area contributed by atoms with E-state index in [1.54, 1.807) is 6.20 Å². The predicted octanol–water partition coefficient (Wildman–Crippen LogP) is 2.55. The molecule has 0 spiro atoms. The number of ether oxygens (including phenoxy) is 1. The van der Waals surface area contributed by atoms with E-state index in [1.807, 2.05) is 28.8 Å². The smallest absolute Gasteiger partial charge is 0.157 e. The second kappa shape index (κ2) is 7.43. The Morgan fingerprint density at radius 3 is 2.69 bits per heavy atom. The summed E-state index contributed by atoms with van der Waals surface area (Å²) < 4.78 is 7.39. The van der Waals surface area contributed by atoms with Crippen molar-refractivity contribution in [1.82, 2.24) is 19.5 Å². The van der Waals surface area contributed by atoms with Crippen molar-refractivity contribution in [3.05, 3.63) is 48.7 Å². The normalized spacial score (nSPS) is 16.7. The highest BCUT2D eigenvalue weighted by atomic mass is 16.5. The lowest BCUT2D eigenvalue weighted by molar-refractivity contribution is 0.0217. The Bertz CT molecular complexity index is 857. The molecule has 1 atom stereocenters. The van der Waals surface area contributed by atoms with Crippen LogP contribution in [0.2, 0.25) is 0 Å². The molecular formula is C20H25N5O. The van der Waals surface area contributed by atoms with Crippen LogP contribution in [0.3, 0.4) is 0 Å². The first-order chi connectivity index (χ1) is 12.7. The van der Waals surface area contributed by atoms with Gasteiger partial charge >= 0.3 is 0 Å². The zero-order chi connectivity index (χ0) is 17.9. The molecule has 1 saturated heterocycles. The van der Waals surface area contributed by atoms with Gasteiger partial charge in [0.15, 0.2) is 5.65 Å². The van der Waals surface area contributed by atoms with E-state index in [0.717, 1.165) is 55.6 Å². The topological polar surface area (TPSA) is 45.9 Å². The van der Waals surface area contributed by atoms with Crippen molar-refractivity contribution in [2.24, 2.45) is 0 Å². The van der Waals surface area contributed by atoms with Crippen LogP contribution in [0.1, 0.15) is 6.92 Å². The molecule has 1 aliphatic heterocycles. The Kier molecular flexibility index (Phi) is 4.86. The summed E-state index contributed by atoms with van der Waals surface area (Å²) in [5, 5.41) is 4.47. The van der Waals surface area contributed by atoms with Gasteiger partial charge in [-0.25, -0.2) is 4.98 Å². The average Bonchev–Trinajstić information content (AvgIpc) is 3.17. The fourth-order valence-electron chi connectivity index (χ4n) is 3.55. The van der Waals surface area contributed by atoms with Crippen LogP contribution in [-0.2, 0) is 4.74 Å². The molecule has 26 heavy (non-hydrogen) atoms. The maximum absolute atomic E-state index is 5.47. The third-order valence-electron chi connectivity index (χ3n) is 5.01. The summed E-state index contributed by atoms with van der Waals surface area (Å²) in [5.41, 5.74) is 2.96. The fourth-order valence-corrected chi connectivity index (χ4v) is 3.55. The van der Waals surface area contributed by atoms with E-state index in [0.29, 0.717) is 6.04 Å². The molecule has 6 nitrogen and oxygen atoms in total. The van der Waals surface area contributed by atoms with E-state index in [2.05, 4.69) is 47.1 Å². The fraction of sp³-hybridized carbons (Fsp3) is 0.400. The van der Waals surface area contributed by atoms with Crippen molar-refractivity contribution >= 4 is 11.5 Å². The van der Waals surface area contributed by atoms with Crippen molar-refractivity contribution in [2.75, 3.05) is 44.8 Å². The highest BCUT2D eigenvalue weighted by molar-refractivity contribution is 5.66. The van der Waals surface area contributed by atoms with Crippen molar-refractivity contribution in [1.29, 1.82) is 0 Å². The molecule has 1 aliphatic rings. The molecule has 136 valence electrons. The molecule has 0 radical (unpaired) electrons. The van der Waals surface area contributed by atoms with Crippen molar-refractivity contribution < 1.29 is 4.74 Å². The third kappa shape index (κ3) is 3.43. The first-order valence-electron chi connectivity index (χ1n) is 9.15. The Morgan fingerprint density at radius 1 is 1.15 bits per heavy atom. The number of benzene rings is 1. The number of hydrogen-bond acceptors (Lipinski definition) is 5. The summed E-state index contributed by atoms with van der Waals surface area (Å²) in [5.74, 6) is 1.05. The molecule has 1 unspecified atom stereocenters. The van der Waals surface area contributed by atoms with Crippen LogP contribution in [-0.4, -0.2) is 65.4 Å². The molecule has 4 rings (SSSR count). The Balaban J connectivity index is 1.63. The highest BCUT2D eigenvalue weighted by Gasteiger charge is 2.20. The minimum Gasteiger partial charge on any atom is -0.379 e. The second-order valence-electron chi connectivity index (χ2n) is 6.84. The van der Waals surface area contributed by atoms with Crippen LogP contribution in [0.5, 0.6) is 0 Å². The van der Waals surface area contributed by atoms with E-state index in [4.69, 9.17) is 9.72 Å². The summed E-state index contributed by atoms with van der Waals surface area (Å²) in [7, 11) is 2.13. The summed E-state index contributed by atoms with van der Waals surface area (Å²) in [6.07, 6.45) is 1.81. The molecule has 2 aromatic heterocycles. The van der Waals surface area contributed by atoms with Crippen LogP contribution >= 0.6 is 0 Å². The first-order valence-corrected chi connectivity index (χ1v) is 9.15. The quantitative estimate of drug-likeness (QED) is 0.707. The number of nitrogens with zero attached hydrogens (tertiary/aromatic N) is 5. The molecule has 0 N–H and O–H groups in total. The van der Waals surface area contributed by atoms with Gasteiger partial charge in [-0.3, -0.25) is 4.90 Å². The maximum Gasteiger partial charge on any atom is 0.157 e. The number of fused-ring (bicyclic) bond motifs is 1. The van der Waals surface area contributed by atoms with E-state index in [1.165, 1.54) is 0 Å². The predicted molar refractivity (Wildman–Crippen MR) is 104 cm³/mol. The van der Waals surface area contributed by atoms with E-state index in [9.17, 15) is 0 Å². The van der Waals surface area contributed by atoms with Gasteiger partial charge in [0.1, 0.15) is 5.82 Å². The molecule has 0 amide bonds. The average molecular weight is 351 g/mol. The number of anilines is 1. The van der Waals surface area contributed by atoms with Crippen molar-refractivity contribution in [3.8, 4) is 11.3 Å². The largest absolute Gasteiger partial charge is 0.379 e. The van der Waals surface area contributed by atoms with Gasteiger partial charge in [0.2, 0.25) is 0 Å². The number of morpholine rings is 1. The van der Waals surface area contributed by atoms with Crippen LogP contribution in [0.15, 0.2) is 48.7 Å². The number of likely N-dealkylation sites (N-methyl/N-ethyl adjacent to an activating group) is 1. The maximum atomic E-state index is 5.47. The molecule has 6 heteroatoms. The van der Waals surface area contributed by atoms with Gasteiger partial charge in [-0.2, -0.15) is 9.61 Å². The van der Waals surface area contributed by atoms with Gasteiger partial charge in [-0.1, -0.05) is 30.3 Å². The summed E-state index contributed by atoms with van der Waals surface area (Å²) in [6.45, 7) is 6.85. The van der Waals surface area contributed by atoms with Gasteiger partial charge < -0.3 is 9.64 Å². The molecule has 0 saturated carbocycles. The summed E-state index contributed by atoms with van der Waals surface area (Å²) >= 11 is 0. The van der Waals surface area contributed by atoms with Crippen LogP contribution < -0.4 is 4.90 Å². The SMILES string of the molecule is CC(CN(C)c1cc(-c2ccccc2)nc2ccnn12)N1CCOCC1. The molecular weight excluding hydrogens is 326 g/mol. The van der Waals surface area contributed by atoms with Gasteiger partial charge in [0, 0.05) is 50.4 Å². The first kappa shape index (κ1) is 17.0. The van der Waals surface area contributed by atoms with Crippen LogP contribution in [0.25, 0.3) is 16.9 Å². The van der Waals surface area contributed by atoms with Gasteiger partial charge in [0.25, 0.3) is 0 Å². The van der Waals surface area contributed by atoms with Gasteiger partial charge in [-0.15, -0.1) is 0 Å². The Hall–Kier alpha value is -2.44. The third-order valence-corrected chi connectivity index (χ3v) is 5.01. The Morgan fingerprint density at radius 2 is 1.92 bits per heavy atom. The lowest BCUT2D eigenvalue weighted by atomic mass is 10.1. The van der Waals surface area contributed by atoms with Gasteiger partial charge in [-0.05, 0) is 6.92 Å². The summed E-state index contributed by atoms with van der Waals surface area (Å²) in [4.78, 5) is 9.52. The molecule has 0 aliphatic carbocycles. The number of rotatable bonds is 5. The van der Waals surface area contributed by atoms with E-state index < -0.39 is 0 Å². The van der Waals surface area contributed by atoms with E-state index in [-0.39, 0.29) is 0 Å².